The molecule has 3 atom stereocenters. The summed E-state index contributed by atoms with van der Waals surface area (Å²) in [5.41, 5.74) is -0.0170. The van der Waals surface area contributed by atoms with Crippen LogP contribution in [0.2, 0.25) is 0 Å². The lowest BCUT2D eigenvalue weighted by Crippen LogP contribution is -2.42. The van der Waals surface area contributed by atoms with Crippen LogP contribution in [0.5, 0.6) is 0 Å². The first-order valence-corrected chi connectivity index (χ1v) is 6.93. The minimum Gasteiger partial charge on any atom is -0.480 e. The highest BCUT2D eigenvalue weighted by Crippen LogP contribution is 2.27. The maximum absolute atomic E-state index is 13.8. The van der Waals surface area contributed by atoms with Gasteiger partial charge in [-0.1, -0.05) is 25.8 Å². The smallest absolute Gasteiger partial charge is 0.325 e. The number of carboxylic acids is 1. The van der Waals surface area contributed by atoms with Crippen molar-refractivity contribution < 1.29 is 18.7 Å². The molecule has 1 aliphatic carbocycles. The van der Waals surface area contributed by atoms with E-state index in [9.17, 15) is 18.7 Å². The predicted molar refractivity (Wildman–Crippen MR) is 71.3 cm³/mol. The number of nitrogens with one attached hydrogen (secondary N) is 1. The maximum Gasteiger partial charge on any atom is 0.325 e. The van der Waals surface area contributed by atoms with Gasteiger partial charge in [-0.25, -0.2) is 8.78 Å². The highest BCUT2D eigenvalue weighted by Gasteiger charge is 2.29. The average molecular weight is 283 g/mol. The van der Waals surface area contributed by atoms with Gasteiger partial charge in [0.05, 0.1) is 0 Å². The van der Waals surface area contributed by atoms with E-state index in [0.29, 0.717) is 5.92 Å². The molecular formula is C15H19F2NO2. The van der Waals surface area contributed by atoms with Crippen molar-refractivity contribution in [3.8, 4) is 0 Å². The van der Waals surface area contributed by atoms with Crippen molar-refractivity contribution in [1.82, 2.24) is 5.32 Å². The van der Waals surface area contributed by atoms with Crippen molar-refractivity contribution in [2.24, 2.45) is 5.92 Å². The van der Waals surface area contributed by atoms with Gasteiger partial charge in [-0.3, -0.25) is 10.1 Å². The highest BCUT2D eigenvalue weighted by atomic mass is 19.1. The zero-order valence-corrected chi connectivity index (χ0v) is 11.4. The third kappa shape index (κ3) is 3.33. The zero-order valence-electron chi connectivity index (χ0n) is 11.4. The second kappa shape index (κ2) is 6.31. The van der Waals surface area contributed by atoms with Crippen LogP contribution in [0.4, 0.5) is 8.78 Å². The Morgan fingerprint density at radius 1 is 1.35 bits per heavy atom. The van der Waals surface area contributed by atoms with Crippen LogP contribution in [-0.2, 0) is 4.79 Å². The Labute approximate surface area is 117 Å². The molecule has 2 rings (SSSR count). The monoisotopic (exact) mass is 283 g/mol. The number of hydrogen-bond donors (Lipinski definition) is 2. The number of hydrogen-bond acceptors (Lipinski definition) is 2. The Morgan fingerprint density at radius 3 is 2.65 bits per heavy atom. The Hall–Kier alpha value is -1.49. The first-order valence-electron chi connectivity index (χ1n) is 6.93. The molecule has 0 radical (unpaired) electrons. The van der Waals surface area contributed by atoms with Crippen LogP contribution in [0, 0.1) is 17.6 Å². The molecule has 110 valence electrons. The lowest BCUT2D eigenvalue weighted by atomic mass is 9.85. The Balaban J connectivity index is 2.20. The SMILES string of the molecule is CC1CCCCC1NC(C(=O)O)c1ccc(F)cc1F. The molecule has 0 heterocycles. The summed E-state index contributed by atoms with van der Waals surface area (Å²) in [7, 11) is 0. The van der Waals surface area contributed by atoms with E-state index in [1.165, 1.54) is 6.07 Å². The topological polar surface area (TPSA) is 49.3 Å². The second-order valence-electron chi connectivity index (χ2n) is 5.47. The van der Waals surface area contributed by atoms with E-state index in [1.54, 1.807) is 0 Å². The van der Waals surface area contributed by atoms with Crippen molar-refractivity contribution >= 4 is 5.97 Å². The van der Waals surface area contributed by atoms with Crippen LogP contribution >= 0.6 is 0 Å². The predicted octanol–water partition coefficient (Wildman–Crippen LogP) is 3.26. The molecule has 0 aliphatic heterocycles. The molecule has 1 aliphatic rings. The van der Waals surface area contributed by atoms with Gasteiger partial charge in [0.15, 0.2) is 0 Å². The minimum absolute atomic E-state index is 0.0170. The van der Waals surface area contributed by atoms with Crippen molar-refractivity contribution in [2.45, 2.75) is 44.7 Å². The van der Waals surface area contributed by atoms with Crippen molar-refractivity contribution in [1.29, 1.82) is 0 Å². The van der Waals surface area contributed by atoms with Gasteiger partial charge in [0.2, 0.25) is 0 Å². The Kier molecular flexibility index (Phi) is 4.70. The van der Waals surface area contributed by atoms with Crippen molar-refractivity contribution in [3.63, 3.8) is 0 Å². The molecule has 0 amide bonds. The molecular weight excluding hydrogens is 264 g/mol. The molecule has 3 nitrogen and oxygen atoms in total. The fourth-order valence-corrected chi connectivity index (χ4v) is 2.81. The molecule has 0 saturated heterocycles. The van der Waals surface area contributed by atoms with Crippen LogP contribution in [0.3, 0.4) is 0 Å². The van der Waals surface area contributed by atoms with Crippen LogP contribution in [0.25, 0.3) is 0 Å². The van der Waals surface area contributed by atoms with Gasteiger partial charge in [-0.05, 0) is 24.8 Å². The number of carboxylic acid groups (broad SMARTS) is 1. The fraction of sp³-hybridized carbons (Fsp3) is 0.533. The lowest BCUT2D eigenvalue weighted by Gasteiger charge is -2.32. The highest BCUT2D eigenvalue weighted by molar-refractivity contribution is 5.75. The van der Waals surface area contributed by atoms with Crippen LogP contribution in [0.1, 0.15) is 44.2 Å². The van der Waals surface area contributed by atoms with Crippen LogP contribution in [-0.4, -0.2) is 17.1 Å². The molecule has 1 saturated carbocycles. The van der Waals surface area contributed by atoms with Gasteiger partial charge in [-0.15, -0.1) is 0 Å². The minimum atomic E-state index is -1.15. The number of rotatable bonds is 4. The van der Waals surface area contributed by atoms with Gasteiger partial charge < -0.3 is 5.11 Å². The number of halogens is 2. The lowest BCUT2D eigenvalue weighted by molar-refractivity contribution is -0.140. The van der Waals surface area contributed by atoms with Gasteiger partial charge >= 0.3 is 5.97 Å². The zero-order chi connectivity index (χ0) is 14.7. The molecule has 1 aromatic rings. The van der Waals surface area contributed by atoms with E-state index in [0.717, 1.165) is 37.8 Å². The molecule has 0 spiro atoms. The Bertz CT molecular complexity index is 493. The standard InChI is InChI=1S/C15H19F2NO2/c1-9-4-2-3-5-13(9)18-14(15(19)20)11-7-6-10(16)8-12(11)17/h6-9,13-14,18H,2-5H2,1H3,(H,19,20). The van der Waals surface area contributed by atoms with E-state index in [1.807, 2.05) is 0 Å². The molecule has 20 heavy (non-hydrogen) atoms. The van der Waals surface area contributed by atoms with E-state index in [2.05, 4.69) is 12.2 Å². The summed E-state index contributed by atoms with van der Waals surface area (Å²) in [5.74, 6) is -2.32. The molecule has 0 bridgehead atoms. The number of benzene rings is 1. The quantitative estimate of drug-likeness (QED) is 0.891. The van der Waals surface area contributed by atoms with Crippen LogP contribution < -0.4 is 5.32 Å². The average Bonchev–Trinajstić information content (AvgIpc) is 2.38. The fourth-order valence-electron chi connectivity index (χ4n) is 2.81. The first-order chi connectivity index (χ1) is 9.49. The van der Waals surface area contributed by atoms with E-state index >= 15 is 0 Å². The summed E-state index contributed by atoms with van der Waals surface area (Å²) in [5, 5.41) is 12.3. The molecule has 5 heteroatoms. The summed E-state index contributed by atoms with van der Waals surface area (Å²) in [6, 6.07) is 1.91. The molecule has 0 aromatic heterocycles. The molecule has 2 N–H and O–H groups in total. The van der Waals surface area contributed by atoms with Gasteiger partial charge in [0.25, 0.3) is 0 Å². The third-order valence-corrected chi connectivity index (χ3v) is 4.01. The summed E-state index contributed by atoms with van der Waals surface area (Å²) in [6.45, 7) is 2.07. The first kappa shape index (κ1) is 14.9. The van der Waals surface area contributed by atoms with Gasteiger partial charge in [-0.2, -0.15) is 0 Å². The molecule has 3 unspecified atom stereocenters. The molecule has 1 aromatic carbocycles. The van der Waals surface area contributed by atoms with E-state index < -0.39 is 23.6 Å². The number of carbonyl (C=O) groups is 1. The van der Waals surface area contributed by atoms with E-state index in [-0.39, 0.29) is 11.6 Å². The summed E-state index contributed by atoms with van der Waals surface area (Å²) in [4.78, 5) is 11.4. The largest absolute Gasteiger partial charge is 0.480 e. The summed E-state index contributed by atoms with van der Waals surface area (Å²) in [6.07, 6.45) is 4.10. The van der Waals surface area contributed by atoms with Gasteiger partial charge in [0, 0.05) is 17.7 Å². The normalized spacial score (nSPS) is 24.4. The number of aliphatic carboxylic acids is 1. The van der Waals surface area contributed by atoms with Crippen molar-refractivity contribution in [2.75, 3.05) is 0 Å². The molecule has 1 fully saturated rings. The Morgan fingerprint density at radius 2 is 2.05 bits per heavy atom. The van der Waals surface area contributed by atoms with E-state index in [4.69, 9.17) is 0 Å². The second-order valence-corrected chi connectivity index (χ2v) is 5.47. The van der Waals surface area contributed by atoms with Gasteiger partial charge in [0.1, 0.15) is 17.7 Å². The van der Waals surface area contributed by atoms with Crippen LogP contribution in [0.15, 0.2) is 18.2 Å². The third-order valence-electron chi connectivity index (χ3n) is 4.01. The van der Waals surface area contributed by atoms with Crippen molar-refractivity contribution in [3.05, 3.63) is 35.4 Å². The summed E-state index contributed by atoms with van der Waals surface area (Å²) < 4.78 is 26.7. The summed E-state index contributed by atoms with van der Waals surface area (Å²) >= 11 is 0. The maximum atomic E-state index is 13.8.